The van der Waals surface area contributed by atoms with Crippen LogP contribution in [-0.2, 0) is 9.53 Å². The number of rotatable bonds is 9. The first-order valence-corrected chi connectivity index (χ1v) is 10.6. The quantitative estimate of drug-likeness (QED) is 0.657. The number of nitrogens with one attached hydrogen (secondary N) is 1. The van der Waals surface area contributed by atoms with Crippen molar-refractivity contribution in [2.24, 2.45) is 0 Å². The van der Waals surface area contributed by atoms with Crippen LogP contribution < -0.4 is 5.32 Å². The Kier molecular flexibility index (Phi) is 7.59. The van der Waals surface area contributed by atoms with Crippen LogP contribution in [0.5, 0.6) is 0 Å². The Morgan fingerprint density at radius 3 is 2.15 bits per heavy atom. The van der Waals surface area contributed by atoms with Crippen LogP contribution in [0.15, 0.2) is 60.7 Å². The molecular weight excluding hydrogens is 342 g/mol. The van der Waals surface area contributed by atoms with Gasteiger partial charge in [-0.3, -0.25) is 4.79 Å². The average Bonchev–Trinajstić information content (AvgIpc) is 3.19. The molecule has 2 aromatic carbocycles. The first kappa shape index (κ1) is 19.0. The molecule has 138 valence electrons. The minimum Gasteiger partial charge on any atom is -0.368 e. The second-order valence-electron chi connectivity index (χ2n) is 6.67. The molecule has 2 aromatic rings. The van der Waals surface area contributed by atoms with Gasteiger partial charge in [-0.25, -0.2) is 0 Å². The molecule has 0 saturated heterocycles. The van der Waals surface area contributed by atoms with Crippen LogP contribution in [0, 0.1) is 0 Å². The number of carbonyl (C=O) groups is 1. The summed E-state index contributed by atoms with van der Waals surface area (Å²) in [6.45, 7) is 0.621. The van der Waals surface area contributed by atoms with E-state index in [0.717, 1.165) is 29.7 Å². The number of hydrogen-bond donors (Lipinski definition) is 1. The summed E-state index contributed by atoms with van der Waals surface area (Å²) in [6, 6.07) is 21.0. The molecule has 1 aliphatic carbocycles. The summed E-state index contributed by atoms with van der Waals surface area (Å²) in [4.78, 5) is 12.0. The zero-order valence-electron chi connectivity index (χ0n) is 15.1. The maximum absolute atomic E-state index is 12.0. The third kappa shape index (κ3) is 5.89. The van der Waals surface area contributed by atoms with Crippen molar-refractivity contribution in [2.75, 3.05) is 18.1 Å². The van der Waals surface area contributed by atoms with Crippen molar-refractivity contribution < 1.29 is 9.53 Å². The highest BCUT2D eigenvalue weighted by atomic mass is 32.2. The molecule has 1 saturated carbocycles. The summed E-state index contributed by atoms with van der Waals surface area (Å²) in [5, 5.41) is 3.13. The molecule has 1 fully saturated rings. The summed E-state index contributed by atoms with van der Waals surface area (Å²) >= 11 is 1.64. The summed E-state index contributed by atoms with van der Waals surface area (Å²) in [6.07, 6.45) is 4.69. The van der Waals surface area contributed by atoms with Gasteiger partial charge in [0.2, 0.25) is 5.91 Å². The van der Waals surface area contributed by atoms with Gasteiger partial charge in [0.15, 0.2) is 0 Å². The van der Waals surface area contributed by atoms with Crippen molar-refractivity contribution in [2.45, 2.75) is 37.8 Å². The highest BCUT2D eigenvalue weighted by Gasteiger charge is 2.17. The van der Waals surface area contributed by atoms with E-state index in [1.54, 1.807) is 11.8 Å². The number of amides is 1. The van der Waals surface area contributed by atoms with E-state index in [1.165, 1.54) is 12.8 Å². The van der Waals surface area contributed by atoms with Crippen molar-refractivity contribution >= 4 is 17.7 Å². The molecule has 1 amide bonds. The van der Waals surface area contributed by atoms with Crippen LogP contribution in [0.3, 0.4) is 0 Å². The number of thioether (sulfide) groups is 1. The molecule has 0 bridgehead atoms. The molecule has 0 heterocycles. The van der Waals surface area contributed by atoms with Crippen LogP contribution in [0.4, 0.5) is 0 Å². The molecule has 0 atom stereocenters. The molecule has 4 heteroatoms. The standard InChI is InChI=1S/C22H27NO2S/c24-21(23-20-13-7-8-14-20)17-26-16-15-25-22(18-9-3-1-4-10-18)19-11-5-2-6-12-19/h1-6,9-12,20,22H,7-8,13-17H2,(H,23,24). The van der Waals surface area contributed by atoms with Crippen LogP contribution in [0.25, 0.3) is 0 Å². The van der Waals surface area contributed by atoms with Crippen LogP contribution in [0.1, 0.15) is 42.9 Å². The van der Waals surface area contributed by atoms with Crippen LogP contribution in [0.2, 0.25) is 0 Å². The van der Waals surface area contributed by atoms with Crippen molar-refractivity contribution in [3.05, 3.63) is 71.8 Å². The molecule has 0 unspecified atom stereocenters. The third-order valence-electron chi connectivity index (χ3n) is 4.67. The monoisotopic (exact) mass is 369 g/mol. The zero-order valence-corrected chi connectivity index (χ0v) is 15.9. The molecule has 1 aliphatic rings. The molecule has 3 nitrogen and oxygen atoms in total. The van der Waals surface area contributed by atoms with E-state index in [1.807, 2.05) is 36.4 Å². The lowest BCUT2D eigenvalue weighted by atomic mass is 10.0. The predicted octanol–water partition coefficient (Wildman–Crippen LogP) is 4.58. The van der Waals surface area contributed by atoms with Crippen LogP contribution >= 0.6 is 11.8 Å². The Morgan fingerprint density at radius 2 is 1.58 bits per heavy atom. The Balaban J connectivity index is 1.44. The van der Waals surface area contributed by atoms with E-state index in [-0.39, 0.29) is 12.0 Å². The summed E-state index contributed by atoms with van der Waals surface area (Å²) in [5.41, 5.74) is 2.31. The zero-order chi connectivity index (χ0) is 18.0. The van der Waals surface area contributed by atoms with Gasteiger partial charge in [0.25, 0.3) is 0 Å². The Morgan fingerprint density at radius 1 is 1.00 bits per heavy atom. The number of hydrogen-bond acceptors (Lipinski definition) is 3. The van der Waals surface area contributed by atoms with E-state index < -0.39 is 0 Å². The maximum atomic E-state index is 12.0. The van der Waals surface area contributed by atoms with Gasteiger partial charge in [0, 0.05) is 11.8 Å². The third-order valence-corrected chi connectivity index (χ3v) is 5.59. The van der Waals surface area contributed by atoms with E-state index in [9.17, 15) is 4.79 Å². The summed E-state index contributed by atoms with van der Waals surface area (Å²) in [7, 11) is 0. The van der Waals surface area contributed by atoms with Crippen molar-refractivity contribution in [3.8, 4) is 0 Å². The fraction of sp³-hybridized carbons (Fsp3) is 0.409. The van der Waals surface area contributed by atoms with Gasteiger partial charge in [0.05, 0.1) is 12.4 Å². The predicted molar refractivity (Wildman–Crippen MR) is 108 cm³/mol. The number of benzene rings is 2. The van der Waals surface area contributed by atoms with Crippen molar-refractivity contribution in [1.29, 1.82) is 0 Å². The minimum atomic E-state index is -0.0645. The minimum absolute atomic E-state index is 0.0645. The fourth-order valence-electron chi connectivity index (χ4n) is 3.37. The highest BCUT2D eigenvalue weighted by Crippen LogP contribution is 2.26. The topological polar surface area (TPSA) is 38.3 Å². The molecule has 0 aromatic heterocycles. The summed E-state index contributed by atoms with van der Waals surface area (Å²) in [5.74, 6) is 1.49. The molecule has 0 spiro atoms. The Bertz CT molecular complexity index is 617. The molecule has 3 rings (SSSR count). The second kappa shape index (κ2) is 10.4. The van der Waals surface area contributed by atoms with E-state index >= 15 is 0 Å². The first-order valence-electron chi connectivity index (χ1n) is 9.41. The lowest BCUT2D eigenvalue weighted by molar-refractivity contribution is -0.119. The highest BCUT2D eigenvalue weighted by molar-refractivity contribution is 7.99. The summed E-state index contributed by atoms with van der Waals surface area (Å²) < 4.78 is 6.18. The van der Waals surface area contributed by atoms with E-state index in [0.29, 0.717) is 18.4 Å². The van der Waals surface area contributed by atoms with Gasteiger partial charge in [-0.2, -0.15) is 0 Å². The lowest BCUT2D eigenvalue weighted by Gasteiger charge is -2.19. The second-order valence-corrected chi connectivity index (χ2v) is 7.78. The average molecular weight is 370 g/mol. The van der Waals surface area contributed by atoms with E-state index in [2.05, 4.69) is 29.6 Å². The van der Waals surface area contributed by atoms with Gasteiger partial charge in [-0.05, 0) is 24.0 Å². The Labute approximate surface area is 160 Å². The van der Waals surface area contributed by atoms with Gasteiger partial charge in [0.1, 0.15) is 6.10 Å². The SMILES string of the molecule is O=C(CSCCOC(c1ccccc1)c1ccccc1)NC1CCCC1. The maximum Gasteiger partial charge on any atom is 0.230 e. The van der Waals surface area contributed by atoms with Gasteiger partial charge >= 0.3 is 0 Å². The molecule has 0 radical (unpaired) electrons. The van der Waals surface area contributed by atoms with Gasteiger partial charge in [-0.15, -0.1) is 11.8 Å². The van der Waals surface area contributed by atoms with Crippen LogP contribution in [-0.4, -0.2) is 30.1 Å². The fourth-order valence-corrected chi connectivity index (χ4v) is 4.00. The molecular formula is C22H27NO2S. The number of carbonyl (C=O) groups excluding carboxylic acids is 1. The molecule has 0 aliphatic heterocycles. The molecule has 1 N–H and O–H groups in total. The Hall–Kier alpha value is -1.78. The van der Waals surface area contributed by atoms with Crippen molar-refractivity contribution in [3.63, 3.8) is 0 Å². The lowest BCUT2D eigenvalue weighted by Crippen LogP contribution is -2.34. The first-order chi connectivity index (χ1) is 12.8. The van der Waals surface area contributed by atoms with Gasteiger partial charge in [-0.1, -0.05) is 73.5 Å². The molecule has 26 heavy (non-hydrogen) atoms. The van der Waals surface area contributed by atoms with E-state index in [4.69, 9.17) is 4.74 Å². The largest absolute Gasteiger partial charge is 0.368 e. The smallest absolute Gasteiger partial charge is 0.230 e. The number of ether oxygens (including phenoxy) is 1. The van der Waals surface area contributed by atoms with Gasteiger partial charge < -0.3 is 10.1 Å². The normalized spacial score (nSPS) is 14.7. The van der Waals surface area contributed by atoms with Crippen molar-refractivity contribution in [1.82, 2.24) is 5.32 Å².